The maximum atomic E-state index is 14.2. The van der Waals surface area contributed by atoms with Gasteiger partial charge in [-0.2, -0.15) is 8.78 Å². The molecule has 1 rings (SSSR count). The minimum Gasteiger partial charge on any atom is -0.497 e. The summed E-state index contributed by atoms with van der Waals surface area (Å²) in [4.78, 5) is 11.8. The summed E-state index contributed by atoms with van der Waals surface area (Å²) in [6.45, 7) is 5.13. The van der Waals surface area contributed by atoms with Crippen molar-refractivity contribution in [2.75, 3.05) is 13.7 Å². The van der Waals surface area contributed by atoms with Crippen molar-refractivity contribution in [1.82, 2.24) is 5.32 Å². The Morgan fingerprint density at radius 2 is 1.91 bits per heavy atom. The summed E-state index contributed by atoms with van der Waals surface area (Å²) in [6, 6.07) is 5.07. The maximum absolute atomic E-state index is 14.2. The van der Waals surface area contributed by atoms with Gasteiger partial charge in [-0.25, -0.2) is 0 Å². The van der Waals surface area contributed by atoms with Crippen LogP contribution >= 0.6 is 0 Å². The van der Waals surface area contributed by atoms with E-state index in [0.717, 1.165) is 12.1 Å². The molecule has 1 aromatic carbocycles. The molecule has 0 heterocycles. The van der Waals surface area contributed by atoms with E-state index in [1.807, 2.05) is 6.92 Å². The van der Waals surface area contributed by atoms with E-state index in [1.54, 1.807) is 13.8 Å². The molecule has 2 atom stereocenters. The highest BCUT2D eigenvalue weighted by molar-refractivity contribution is 5.84. The van der Waals surface area contributed by atoms with Crippen LogP contribution in [0.15, 0.2) is 24.3 Å². The predicted octanol–water partition coefficient (Wildman–Crippen LogP) is 2.70. The fourth-order valence-electron chi connectivity index (χ4n) is 1.89. The molecule has 6 heteroatoms. The normalized spacial score (nSPS) is 15.8. The number of hydrogen-bond donors (Lipinski definition) is 2. The van der Waals surface area contributed by atoms with Crippen molar-refractivity contribution in [1.29, 1.82) is 0 Å². The van der Waals surface area contributed by atoms with Gasteiger partial charge in [-0.15, -0.1) is 0 Å². The lowest BCUT2D eigenvalue weighted by molar-refractivity contribution is -0.147. The number of carbonyl (C=O) groups excluding carboxylic acids is 1. The van der Waals surface area contributed by atoms with E-state index in [-0.39, 0.29) is 6.54 Å². The van der Waals surface area contributed by atoms with Crippen LogP contribution < -0.4 is 10.1 Å². The Hall–Kier alpha value is -1.69. The topological polar surface area (TPSA) is 58.6 Å². The number of hydrogen-bond acceptors (Lipinski definition) is 3. The average Bonchev–Trinajstić information content (AvgIpc) is 2.51. The third kappa shape index (κ3) is 3.94. The summed E-state index contributed by atoms with van der Waals surface area (Å²) in [5, 5.41) is 12.0. The molecule has 22 heavy (non-hydrogen) atoms. The van der Waals surface area contributed by atoms with E-state index in [1.165, 1.54) is 19.2 Å². The van der Waals surface area contributed by atoms with Gasteiger partial charge in [-0.1, -0.05) is 13.8 Å². The number of halogens is 2. The third-order valence-corrected chi connectivity index (χ3v) is 4.21. The molecular weight excluding hydrogens is 292 g/mol. The van der Waals surface area contributed by atoms with E-state index >= 15 is 0 Å². The zero-order valence-corrected chi connectivity index (χ0v) is 13.3. The molecule has 1 aromatic rings. The van der Waals surface area contributed by atoms with E-state index in [4.69, 9.17) is 4.74 Å². The molecule has 0 radical (unpaired) electrons. The lowest BCUT2D eigenvalue weighted by Crippen LogP contribution is -2.46. The predicted molar refractivity (Wildman–Crippen MR) is 80.0 cm³/mol. The highest BCUT2D eigenvalue weighted by Gasteiger charge is 2.42. The van der Waals surface area contributed by atoms with Crippen LogP contribution in [0.1, 0.15) is 32.8 Å². The molecule has 0 bridgehead atoms. The smallest absolute Gasteiger partial charge is 0.349 e. The van der Waals surface area contributed by atoms with Crippen LogP contribution in [-0.4, -0.2) is 30.8 Å². The van der Waals surface area contributed by atoms with Crippen molar-refractivity contribution in [2.24, 2.45) is 5.41 Å². The molecule has 4 nitrogen and oxygen atoms in total. The van der Waals surface area contributed by atoms with E-state index < -0.39 is 28.9 Å². The minimum absolute atomic E-state index is 0.0221. The Labute approximate surface area is 129 Å². The average molecular weight is 315 g/mol. The first-order valence-electron chi connectivity index (χ1n) is 7.16. The molecule has 0 aromatic heterocycles. The van der Waals surface area contributed by atoms with Crippen molar-refractivity contribution in [3.8, 4) is 5.75 Å². The van der Waals surface area contributed by atoms with Gasteiger partial charge >= 0.3 is 5.92 Å². The fourth-order valence-corrected chi connectivity index (χ4v) is 1.89. The van der Waals surface area contributed by atoms with Crippen LogP contribution in [0.4, 0.5) is 8.78 Å². The number of nitrogens with one attached hydrogen (secondary N) is 1. The van der Waals surface area contributed by atoms with Gasteiger partial charge in [0.25, 0.3) is 5.91 Å². The Balaban J connectivity index is 2.81. The summed E-state index contributed by atoms with van der Waals surface area (Å²) in [7, 11) is 1.43. The molecule has 0 saturated carbocycles. The summed E-state index contributed by atoms with van der Waals surface area (Å²) in [5.41, 5.74) is -1.05. The Morgan fingerprint density at radius 3 is 2.32 bits per heavy atom. The third-order valence-electron chi connectivity index (χ3n) is 4.21. The van der Waals surface area contributed by atoms with Gasteiger partial charge in [-0.3, -0.25) is 4.79 Å². The Morgan fingerprint density at radius 1 is 1.36 bits per heavy atom. The second kappa shape index (κ2) is 7.05. The summed E-state index contributed by atoms with van der Waals surface area (Å²) in [6.07, 6.45) is -0.161. The first-order chi connectivity index (χ1) is 10.2. The lowest BCUT2D eigenvalue weighted by Gasteiger charge is -2.32. The number of aliphatic hydroxyl groups excluding tert-OH is 1. The number of methoxy groups -OCH3 is 1. The molecule has 2 N–H and O–H groups in total. The van der Waals surface area contributed by atoms with Gasteiger partial charge in [0.2, 0.25) is 0 Å². The molecular formula is C16H23F2NO3. The molecule has 1 amide bonds. The van der Waals surface area contributed by atoms with Gasteiger partial charge in [0.1, 0.15) is 5.75 Å². The molecule has 0 aliphatic rings. The van der Waals surface area contributed by atoms with Crippen molar-refractivity contribution >= 4 is 5.91 Å². The second-order valence-electron chi connectivity index (χ2n) is 5.67. The van der Waals surface area contributed by atoms with Crippen LogP contribution in [0.5, 0.6) is 5.75 Å². The molecule has 0 fully saturated rings. The van der Waals surface area contributed by atoms with Crippen molar-refractivity contribution in [3.63, 3.8) is 0 Å². The van der Waals surface area contributed by atoms with Gasteiger partial charge < -0.3 is 15.2 Å². The lowest BCUT2D eigenvalue weighted by atomic mass is 9.82. The van der Waals surface area contributed by atoms with Crippen LogP contribution in [0.3, 0.4) is 0 Å². The monoisotopic (exact) mass is 315 g/mol. The van der Waals surface area contributed by atoms with E-state index in [9.17, 15) is 18.7 Å². The van der Waals surface area contributed by atoms with Gasteiger partial charge in [-0.05, 0) is 37.6 Å². The SMILES string of the molecule is CC[C@@](C)(CNC(=O)C(F)(F)c1ccc(OC)cc1)[C@@H](C)O. The molecule has 0 spiro atoms. The van der Waals surface area contributed by atoms with Crippen LogP contribution in [0.25, 0.3) is 0 Å². The summed E-state index contributed by atoms with van der Waals surface area (Å²) in [5.74, 6) is -4.58. The van der Waals surface area contributed by atoms with Gasteiger partial charge in [0, 0.05) is 17.5 Å². The van der Waals surface area contributed by atoms with Crippen molar-refractivity contribution < 1.29 is 23.4 Å². The number of ether oxygens (including phenoxy) is 1. The zero-order chi connectivity index (χ0) is 17.0. The number of alkyl halides is 2. The van der Waals surface area contributed by atoms with E-state index in [0.29, 0.717) is 12.2 Å². The second-order valence-corrected chi connectivity index (χ2v) is 5.67. The minimum atomic E-state index is -3.64. The molecule has 0 aliphatic heterocycles. The van der Waals surface area contributed by atoms with Crippen LogP contribution in [-0.2, 0) is 10.7 Å². The van der Waals surface area contributed by atoms with Crippen LogP contribution in [0.2, 0.25) is 0 Å². The number of carbonyl (C=O) groups is 1. The quantitative estimate of drug-likeness (QED) is 0.813. The molecule has 124 valence electrons. The molecule has 0 unspecified atom stereocenters. The molecule has 0 saturated heterocycles. The zero-order valence-electron chi connectivity index (χ0n) is 13.3. The Kier molecular flexibility index (Phi) is 5.88. The highest BCUT2D eigenvalue weighted by Crippen LogP contribution is 2.31. The fraction of sp³-hybridized carbons (Fsp3) is 0.562. The summed E-state index contributed by atoms with van der Waals surface area (Å²) >= 11 is 0. The maximum Gasteiger partial charge on any atom is 0.349 e. The first kappa shape index (κ1) is 18.4. The standard InChI is InChI=1S/C16H23F2NO3/c1-5-15(3,11(2)20)10-19-14(21)16(17,18)12-6-8-13(22-4)9-7-12/h6-9,11,20H,5,10H2,1-4H3,(H,19,21)/t11-,15+/m1/s1. The summed E-state index contributed by atoms with van der Waals surface area (Å²) < 4.78 is 33.2. The largest absolute Gasteiger partial charge is 0.497 e. The van der Waals surface area contributed by atoms with Gasteiger partial charge in [0.05, 0.1) is 13.2 Å². The number of aliphatic hydroxyl groups is 1. The van der Waals surface area contributed by atoms with Crippen molar-refractivity contribution in [3.05, 3.63) is 29.8 Å². The van der Waals surface area contributed by atoms with E-state index in [2.05, 4.69) is 5.32 Å². The highest BCUT2D eigenvalue weighted by atomic mass is 19.3. The number of benzene rings is 1. The number of rotatable bonds is 7. The first-order valence-corrected chi connectivity index (χ1v) is 7.16. The molecule has 0 aliphatic carbocycles. The van der Waals surface area contributed by atoms with Crippen LogP contribution in [0, 0.1) is 5.41 Å². The Bertz CT molecular complexity index is 503. The van der Waals surface area contributed by atoms with Crippen molar-refractivity contribution in [2.45, 2.75) is 39.2 Å². The van der Waals surface area contributed by atoms with Gasteiger partial charge in [0.15, 0.2) is 0 Å². The number of amides is 1.